The van der Waals surface area contributed by atoms with E-state index in [1.54, 1.807) is 0 Å². The Kier molecular flexibility index (Phi) is 7.54. The Morgan fingerprint density at radius 1 is 0.660 bits per heavy atom. The summed E-state index contributed by atoms with van der Waals surface area (Å²) in [6.07, 6.45) is 3.33. The number of amides is 1. The third-order valence-electron chi connectivity index (χ3n) is 9.61. The zero-order chi connectivity index (χ0) is 31.7. The van der Waals surface area contributed by atoms with E-state index in [-0.39, 0.29) is 12.3 Å². The second-order valence-corrected chi connectivity index (χ2v) is 12.4. The van der Waals surface area contributed by atoms with Crippen molar-refractivity contribution < 1.29 is 14.6 Å². The van der Waals surface area contributed by atoms with Gasteiger partial charge in [0.25, 0.3) is 0 Å². The van der Waals surface area contributed by atoms with Crippen LogP contribution < -0.4 is 5.32 Å². The fourth-order valence-electron chi connectivity index (χ4n) is 7.35. The second kappa shape index (κ2) is 12.3. The average Bonchev–Trinajstić information content (AvgIpc) is 3.13. The lowest BCUT2D eigenvalue weighted by Crippen LogP contribution is -2.26. The molecule has 0 bridgehead atoms. The third kappa shape index (κ3) is 5.36. The number of phenolic OH excluding ortho intramolecular Hbond substituents is 1. The van der Waals surface area contributed by atoms with Gasteiger partial charge < -0.3 is 15.2 Å². The van der Waals surface area contributed by atoms with Gasteiger partial charge in [-0.15, -0.1) is 0 Å². The van der Waals surface area contributed by atoms with Crippen molar-refractivity contribution in [3.05, 3.63) is 161 Å². The summed E-state index contributed by atoms with van der Waals surface area (Å²) in [5.41, 5.74) is 7.23. The van der Waals surface area contributed by atoms with Crippen molar-refractivity contribution >= 4 is 38.4 Å². The van der Waals surface area contributed by atoms with E-state index < -0.39 is 12.2 Å². The van der Waals surface area contributed by atoms with E-state index in [0.717, 1.165) is 57.7 Å². The molecular formula is C43H35NO3. The van der Waals surface area contributed by atoms with Gasteiger partial charge in [0.05, 0.1) is 6.54 Å². The summed E-state index contributed by atoms with van der Waals surface area (Å²) in [4.78, 5) is 13.6. The van der Waals surface area contributed by atoms with Crippen LogP contribution in [-0.4, -0.2) is 11.2 Å². The maximum absolute atomic E-state index is 13.6. The van der Waals surface area contributed by atoms with Gasteiger partial charge in [0.2, 0.25) is 0 Å². The molecule has 1 amide bonds. The van der Waals surface area contributed by atoms with E-state index in [2.05, 4.69) is 53.8 Å². The molecule has 2 N–H and O–H groups in total. The first kappa shape index (κ1) is 28.8. The molecule has 0 fully saturated rings. The first-order valence-corrected chi connectivity index (χ1v) is 16.4. The number of benzene rings is 7. The van der Waals surface area contributed by atoms with E-state index >= 15 is 0 Å². The van der Waals surface area contributed by atoms with Gasteiger partial charge in [-0.25, -0.2) is 4.79 Å². The standard InChI is InChI=1S/C43H35NO3/c45-41-35-22-12-9-19-32(35)25-37(38-26-31-18-8-10-20-33(31)36-24-23-28-13-7-11-21-34(28)40(36)38)39(41)27-44-43(46)47-42(29-14-3-1-4-15-29)30-16-5-2-6-17-30/h1-6,8-10,12,14-20,22-26,42,45H,7,11,13,21,27H2,(H,44,46). The van der Waals surface area contributed by atoms with E-state index in [9.17, 15) is 9.90 Å². The van der Waals surface area contributed by atoms with Crippen molar-refractivity contribution in [3.8, 4) is 16.9 Å². The number of alkyl carbamates (subject to hydrolysis) is 1. The van der Waals surface area contributed by atoms with Crippen LogP contribution in [0.15, 0.2) is 133 Å². The lowest BCUT2D eigenvalue weighted by molar-refractivity contribution is 0.116. The van der Waals surface area contributed by atoms with Crippen molar-refractivity contribution in [2.45, 2.75) is 38.3 Å². The molecule has 0 saturated carbocycles. The molecular weight excluding hydrogens is 578 g/mol. The number of ether oxygens (including phenoxy) is 1. The molecule has 47 heavy (non-hydrogen) atoms. The molecule has 0 atom stereocenters. The Morgan fingerprint density at radius 3 is 1.98 bits per heavy atom. The maximum atomic E-state index is 13.6. The van der Waals surface area contributed by atoms with Crippen LogP contribution in [0.2, 0.25) is 0 Å². The van der Waals surface area contributed by atoms with Gasteiger partial charge in [0.15, 0.2) is 6.10 Å². The molecule has 0 unspecified atom stereocenters. The van der Waals surface area contributed by atoms with E-state index in [1.165, 1.54) is 33.7 Å². The third-order valence-corrected chi connectivity index (χ3v) is 9.61. The topological polar surface area (TPSA) is 58.6 Å². The van der Waals surface area contributed by atoms with Gasteiger partial charge in [-0.1, -0.05) is 121 Å². The highest BCUT2D eigenvalue weighted by Gasteiger charge is 2.23. The molecule has 4 nitrogen and oxygen atoms in total. The Morgan fingerprint density at radius 2 is 1.26 bits per heavy atom. The van der Waals surface area contributed by atoms with Gasteiger partial charge in [0, 0.05) is 10.9 Å². The Labute approximate surface area is 274 Å². The molecule has 230 valence electrons. The molecule has 0 heterocycles. The highest BCUT2D eigenvalue weighted by Crippen LogP contribution is 2.44. The minimum atomic E-state index is -0.571. The molecule has 7 aromatic rings. The summed E-state index contributed by atoms with van der Waals surface area (Å²) in [6.45, 7) is 0.102. The van der Waals surface area contributed by atoms with Crippen molar-refractivity contribution in [2.24, 2.45) is 0 Å². The highest BCUT2D eigenvalue weighted by atomic mass is 16.6. The number of hydrogen-bond acceptors (Lipinski definition) is 3. The second-order valence-electron chi connectivity index (χ2n) is 12.4. The first-order valence-electron chi connectivity index (χ1n) is 16.4. The van der Waals surface area contributed by atoms with E-state index in [0.29, 0.717) is 5.56 Å². The number of carbonyl (C=O) groups is 1. The number of hydrogen-bond donors (Lipinski definition) is 2. The largest absolute Gasteiger partial charge is 0.507 e. The van der Waals surface area contributed by atoms with Crippen LogP contribution in [0.3, 0.4) is 0 Å². The molecule has 8 rings (SSSR count). The van der Waals surface area contributed by atoms with Crippen molar-refractivity contribution in [2.75, 3.05) is 0 Å². The Hall–Kier alpha value is -5.61. The summed E-state index contributed by atoms with van der Waals surface area (Å²) in [7, 11) is 0. The van der Waals surface area contributed by atoms with Crippen LogP contribution in [0.4, 0.5) is 4.79 Å². The number of aromatic hydroxyl groups is 1. The molecule has 7 aromatic carbocycles. The number of fused-ring (bicyclic) bond motifs is 6. The number of nitrogens with one attached hydrogen (secondary N) is 1. The minimum absolute atomic E-state index is 0.102. The summed E-state index contributed by atoms with van der Waals surface area (Å²) in [5.74, 6) is 0.173. The lowest BCUT2D eigenvalue weighted by Gasteiger charge is -2.23. The van der Waals surface area contributed by atoms with Crippen molar-refractivity contribution in [1.29, 1.82) is 0 Å². The molecule has 0 aliphatic heterocycles. The molecule has 0 aromatic heterocycles. The predicted octanol–water partition coefficient (Wildman–Crippen LogP) is 10.4. The smallest absolute Gasteiger partial charge is 0.408 e. The van der Waals surface area contributed by atoms with E-state index in [4.69, 9.17) is 4.74 Å². The molecule has 1 aliphatic carbocycles. The van der Waals surface area contributed by atoms with Gasteiger partial charge in [-0.3, -0.25) is 0 Å². The predicted molar refractivity (Wildman–Crippen MR) is 191 cm³/mol. The van der Waals surface area contributed by atoms with Gasteiger partial charge in [0.1, 0.15) is 5.75 Å². The van der Waals surface area contributed by atoms with Crippen LogP contribution in [-0.2, 0) is 24.1 Å². The monoisotopic (exact) mass is 613 g/mol. The first-order chi connectivity index (χ1) is 23.2. The summed E-state index contributed by atoms with van der Waals surface area (Å²) in [6, 6.07) is 44.9. The summed E-state index contributed by atoms with van der Waals surface area (Å²) in [5, 5.41) is 21.4. The Balaban J connectivity index is 1.25. The van der Waals surface area contributed by atoms with Crippen LogP contribution in [0.25, 0.3) is 43.4 Å². The van der Waals surface area contributed by atoms with Crippen LogP contribution in [0.5, 0.6) is 5.75 Å². The van der Waals surface area contributed by atoms with Gasteiger partial charge >= 0.3 is 6.09 Å². The van der Waals surface area contributed by atoms with E-state index in [1.807, 2.05) is 84.9 Å². The number of carbonyl (C=O) groups excluding carboxylic acids is 1. The number of rotatable bonds is 6. The number of aryl methyl sites for hydroxylation is 2. The van der Waals surface area contributed by atoms with Gasteiger partial charge in [-0.2, -0.15) is 0 Å². The average molecular weight is 614 g/mol. The zero-order valence-corrected chi connectivity index (χ0v) is 26.1. The molecule has 0 saturated heterocycles. The zero-order valence-electron chi connectivity index (χ0n) is 26.1. The van der Waals surface area contributed by atoms with Crippen LogP contribution >= 0.6 is 0 Å². The Bertz CT molecular complexity index is 2220. The van der Waals surface area contributed by atoms with Crippen LogP contribution in [0, 0.1) is 0 Å². The molecule has 1 aliphatic rings. The summed E-state index contributed by atoms with van der Waals surface area (Å²) < 4.78 is 6.09. The molecule has 0 spiro atoms. The van der Waals surface area contributed by atoms with Crippen molar-refractivity contribution in [1.82, 2.24) is 5.32 Å². The lowest BCUT2D eigenvalue weighted by atomic mass is 9.82. The maximum Gasteiger partial charge on any atom is 0.408 e. The molecule has 4 heteroatoms. The fourth-order valence-corrected chi connectivity index (χ4v) is 7.35. The van der Waals surface area contributed by atoms with Crippen LogP contribution in [0.1, 0.15) is 46.8 Å². The van der Waals surface area contributed by atoms with Gasteiger partial charge in [-0.05, 0) is 98.1 Å². The fraction of sp³-hybridized carbons (Fsp3) is 0.140. The highest BCUT2D eigenvalue weighted by molar-refractivity contribution is 6.16. The minimum Gasteiger partial charge on any atom is -0.507 e. The molecule has 0 radical (unpaired) electrons. The SMILES string of the molecule is O=C(NCc1c(-c2cc3ccccc3c3ccc4c(c23)CCCC4)cc2ccccc2c1O)OC(c1ccccc1)c1ccccc1. The quantitative estimate of drug-likeness (QED) is 0.184. The normalized spacial score (nSPS) is 12.8. The van der Waals surface area contributed by atoms with Crippen molar-refractivity contribution in [3.63, 3.8) is 0 Å². The summed E-state index contributed by atoms with van der Waals surface area (Å²) >= 11 is 0. The number of phenols is 1.